The lowest BCUT2D eigenvalue weighted by Crippen LogP contribution is -2.13. The zero-order valence-corrected chi connectivity index (χ0v) is 9.40. The van der Waals surface area contributed by atoms with Crippen molar-refractivity contribution in [3.05, 3.63) is 12.8 Å². The van der Waals surface area contributed by atoms with Crippen LogP contribution >= 0.6 is 47.8 Å². The Morgan fingerprint density at radius 1 is 1.50 bits per heavy atom. The molecule has 0 N–H and O–H groups in total. The van der Waals surface area contributed by atoms with Gasteiger partial charge in [-0.25, -0.2) is 4.79 Å². The molecular weight excluding hydrogens is 336 g/mol. The van der Waals surface area contributed by atoms with Gasteiger partial charge in [0.05, 0.1) is 6.26 Å². The molecule has 0 amide bonds. The Kier molecular flexibility index (Phi) is 4.55. The molecule has 0 spiro atoms. The standard InChI is InChI=1S/C4H3Br3O3/c1-2-9-3(8)10-4(5,6)7/h2H,1H2. The fourth-order valence-electron chi connectivity index (χ4n) is 0.187. The maximum Gasteiger partial charge on any atom is 0.515 e. The highest BCUT2D eigenvalue weighted by atomic mass is 80.0. The molecule has 0 aliphatic rings. The van der Waals surface area contributed by atoms with Gasteiger partial charge >= 0.3 is 6.16 Å². The minimum Gasteiger partial charge on any atom is -0.404 e. The second-order valence-electron chi connectivity index (χ2n) is 1.08. The van der Waals surface area contributed by atoms with Crippen molar-refractivity contribution in [1.82, 2.24) is 0 Å². The lowest BCUT2D eigenvalue weighted by atomic mass is 11.1. The topological polar surface area (TPSA) is 35.5 Å². The Morgan fingerprint density at radius 3 is 2.30 bits per heavy atom. The minimum atomic E-state index is -1.06. The molecule has 0 fully saturated rings. The van der Waals surface area contributed by atoms with Crippen LogP contribution in [0.2, 0.25) is 0 Å². The molecule has 10 heavy (non-hydrogen) atoms. The number of carbonyl (C=O) groups is 1. The molecule has 58 valence electrons. The van der Waals surface area contributed by atoms with E-state index in [1.165, 1.54) is 0 Å². The van der Waals surface area contributed by atoms with Crippen LogP contribution in [0.15, 0.2) is 12.8 Å². The number of alkyl halides is 3. The first-order valence-corrected chi connectivity index (χ1v) is 4.41. The van der Waals surface area contributed by atoms with E-state index in [4.69, 9.17) is 0 Å². The van der Waals surface area contributed by atoms with Crippen LogP contribution in [-0.4, -0.2) is 8.48 Å². The van der Waals surface area contributed by atoms with Crippen LogP contribution in [-0.2, 0) is 9.47 Å². The van der Waals surface area contributed by atoms with Crippen molar-refractivity contribution in [2.75, 3.05) is 0 Å². The summed E-state index contributed by atoms with van der Waals surface area (Å²) in [7, 11) is 0. The molecule has 6 heteroatoms. The Balaban J connectivity index is 3.68. The quantitative estimate of drug-likeness (QED) is 0.419. The zero-order chi connectivity index (χ0) is 8.20. The van der Waals surface area contributed by atoms with Gasteiger partial charge in [-0.2, -0.15) is 0 Å². The molecule has 0 atom stereocenters. The predicted octanol–water partition coefficient (Wildman–Crippen LogP) is 3.08. The van der Waals surface area contributed by atoms with Crippen LogP contribution < -0.4 is 0 Å². The second kappa shape index (κ2) is 4.35. The van der Waals surface area contributed by atoms with E-state index in [0.29, 0.717) is 0 Å². The molecule has 0 aromatic heterocycles. The third-order valence-electron chi connectivity index (χ3n) is 0.379. The highest BCUT2D eigenvalue weighted by molar-refractivity contribution is 9.39. The van der Waals surface area contributed by atoms with E-state index in [1.54, 1.807) is 0 Å². The summed E-state index contributed by atoms with van der Waals surface area (Å²) in [5.41, 5.74) is 0. The summed E-state index contributed by atoms with van der Waals surface area (Å²) in [5, 5.41) is 0. The summed E-state index contributed by atoms with van der Waals surface area (Å²) >= 11 is 8.78. The Hall–Kier alpha value is 0.450. The third-order valence-corrected chi connectivity index (χ3v) is 0.864. The van der Waals surface area contributed by atoms with E-state index in [-0.39, 0.29) is 0 Å². The predicted molar refractivity (Wildman–Crippen MR) is 47.3 cm³/mol. The maximum atomic E-state index is 10.5. The smallest absolute Gasteiger partial charge is 0.404 e. The van der Waals surface area contributed by atoms with Gasteiger partial charge in [0.25, 0.3) is 2.33 Å². The van der Waals surface area contributed by atoms with E-state index in [1.807, 2.05) is 0 Å². The molecule has 3 nitrogen and oxygen atoms in total. The van der Waals surface area contributed by atoms with Crippen molar-refractivity contribution in [2.45, 2.75) is 2.33 Å². The van der Waals surface area contributed by atoms with Crippen LogP contribution in [0.3, 0.4) is 0 Å². The highest BCUT2D eigenvalue weighted by Crippen LogP contribution is 2.34. The summed E-state index contributed by atoms with van der Waals surface area (Å²) in [6.45, 7) is 3.16. The fraction of sp³-hybridized carbons (Fsp3) is 0.250. The Bertz CT molecular complexity index is 139. The van der Waals surface area contributed by atoms with Crippen LogP contribution in [0.4, 0.5) is 4.79 Å². The zero-order valence-electron chi connectivity index (χ0n) is 4.64. The van der Waals surface area contributed by atoms with Crippen molar-refractivity contribution < 1.29 is 14.3 Å². The summed E-state index contributed by atoms with van der Waals surface area (Å²) < 4.78 is 7.66. The van der Waals surface area contributed by atoms with Gasteiger partial charge in [0, 0.05) is 0 Å². The van der Waals surface area contributed by atoms with Gasteiger partial charge in [-0.05, 0) is 47.8 Å². The average molecular weight is 339 g/mol. The lowest BCUT2D eigenvalue weighted by Gasteiger charge is -2.10. The first-order chi connectivity index (χ1) is 4.45. The number of ether oxygens (including phenoxy) is 2. The third kappa shape index (κ3) is 6.57. The van der Waals surface area contributed by atoms with Crippen molar-refractivity contribution in [3.63, 3.8) is 0 Å². The molecule has 0 bridgehead atoms. The number of rotatable bonds is 1. The van der Waals surface area contributed by atoms with Crippen LogP contribution in [0.5, 0.6) is 0 Å². The van der Waals surface area contributed by atoms with E-state index in [2.05, 4.69) is 63.8 Å². The second-order valence-corrected chi connectivity index (χ2v) is 7.62. The number of hydrogen-bond acceptors (Lipinski definition) is 3. The van der Waals surface area contributed by atoms with Gasteiger partial charge in [0.2, 0.25) is 0 Å². The first-order valence-electron chi connectivity index (χ1n) is 2.03. The largest absolute Gasteiger partial charge is 0.515 e. The molecule has 0 heterocycles. The van der Waals surface area contributed by atoms with Gasteiger partial charge in [-0.1, -0.05) is 6.58 Å². The monoisotopic (exact) mass is 336 g/mol. The summed E-state index contributed by atoms with van der Waals surface area (Å²) in [6.07, 6.45) is 0.113. The van der Waals surface area contributed by atoms with Gasteiger partial charge in [-0.15, -0.1) is 0 Å². The molecule has 0 aliphatic heterocycles. The summed E-state index contributed by atoms with van der Waals surface area (Å²) in [4.78, 5) is 10.5. The van der Waals surface area contributed by atoms with Crippen molar-refractivity contribution in [1.29, 1.82) is 0 Å². The van der Waals surface area contributed by atoms with Gasteiger partial charge in [0.15, 0.2) is 0 Å². The maximum absolute atomic E-state index is 10.5. The normalized spacial score (nSPS) is 10.3. The highest BCUT2D eigenvalue weighted by Gasteiger charge is 2.23. The fourth-order valence-corrected chi connectivity index (χ4v) is 0.583. The van der Waals surface area contributed by atoms with Crippen molar-refractivity contribution >= 4 is 53.9 Å². The Labute approximate surface area is 83.1 Å². The SMILES string of the molecule is C=COC(=O)OC(Br)(Br)Br. The molecular formula is C4H3Br3O3. The molecule has 0 aromatic carbocycles. The van der Waals surface area contributed by atoms with E-state index in [0.717, 1.165) is 6.26 Å². The average Bonchev–Trinajstić information content (AvgIpc) is 1.59. The van der Waals surface area contributed by atoms with Crippen LogP contribution in [0, 0.1) is 0 Å². The molecule has 0 saturated carbocycles. The van der Waals surface area contributed by atoms with Gasteiger partial charge < -0.3 is 9.47 Å². The summed E-state index contributed by atoms with van der Waals surface area (Å²) in [6, 6.07) is 0. The number of carbonyl (C=O) groups excluding carboxylic acids is 1. The lowest BCUT2D eigenvalue weighted by molar-refractivity contribution is 0.0922. The van der Waals surface area contributed by atoms with Crippen molar-refractivity contribution in [3.8, 4) is 0 Å². The molecule has 0 unspecified atom stereocenters. The van der Waals surface area contributed by atoms with Crippen LogP contribution in [0.1, 0.15) is 0 Å². The minimum absolute atomic E-state index is 0.861. The Morgan fingerprint density at radius 2 is 2.00 bits per heavy atom. The van der Waals surface area contributed by atoms with E-state index >= 15 is 0 Å². The molecule has 0 saturated heterocycles. The number of halogens is 3. The molecule has 0 radical (unpaired) electrons. The molecule has 0 aliphatic carbocycles. The van der Waals surface area contributed by atoms with Crippen LogP contribution in [0.25, 0.3) is 0 Å². The van der Waals surface area contributed by atoms with E-state index in [9.17, 15) is 4.79 Å². The number of hydrogen-bond donors (Lipinski definition) is 0. The molecule has 0 rings (SSSR count). The van der Waals surface area contributed by atoms with Gasteiger partial charge in [-0.3, -0.25) is 0 Å². The summed E-state index contributed by atoms with van der Waals surface area (Å²) in [5.74, 6) is 0. The van der Waals surface area contributed by atoms with E-state index < -0.39 is 8.48 Å². The van der Waals surface area contributed by atoms with Gasteiger partial charge in [0.1, 0.15) is 0 Å². The molecule has 0 aromatic rings. The van der Waals surface area contributed by atoms with Crippen molar-refractivity contribution in [2.24, 2.45) is 0 Å². The first kappa shape index (κ1) is 10.4.